The van der Waals surface area contributed by atoms with Crippen molar-refractivity contribution in [2.75, 3.05) is 6.79 Å². The van der Waals surface area contributed by atoms with Gasteiger partial charge < -0.3 is 24.4 Å². The topological polar surface area (TPSA) is 108 Å². The molecule has 2 aromatic carbocycles. The minimum atomic E-state index is -0.728. The highest BCUT2D eigenvalue weighted by molar-refractivity contribution is 5.86. The van der Waals surface area contributed by atoms with Crippen LogP contribution in [-0.4, -0.2) is 6.79 Å². The highest BCUT2D eigenvalue weighted by Gasteiger charge is 2.36. The van der Waals surface area contributed by atoms with E-state index in [9.17, 15) is 10.1 Å². The fourth-order valence-electron chi connectivity index (χ4n) is 3.49. The molecule has 5 rings (SSSR count). The average molecular weight is 360 g/mol. The summed E-state index contributed by atoms with van der Waals surface area (Å²) < 4.78 is 21.9. The molecular weight excluding hydrogens is 348 g/mol. The van der Waals surface area contributed by atoms with Crippen LogP contribution in [0.2, 0.25) is 0 Å². The Morgan fingerprint density at radius 2 is 1.93 bits per heavy atom. The molecule has 27 heavy (non-hydrogen) atoms. The number of rotatable bonds is 1. The molecule has 0 unspecified atom stereocenters. The largest absolute Gasteiger partial charge is 0.454 e. The Kier molecular flexibility index (Phi) is 3.15. The summed E-state index contributed by atoms with van der Waals surface area (Å²) in [6.07, 6.45) is 0. The molecular formula is C20H12N2O5. The molecule has 0 bridgehead atoms. The molecule has 0 amide bonds. The molecule has 2 aliphatic heterocycles. The smallest absolute Gasteiger partial charge is 0.344 e. The predicted molar refractivity (Wildman–Crippen MR) is 94.3 cm³/mol. The van der Waals surface area contributed by atoms with Crippen molar-refractivity contribution in [3.63, 3.8) is 0 Å². The molecule has 1 atom stereocenters. The zero-order valence-electron chi connectivity index (χ0n) is 13.9. The summed E-state index contributed by atoms with van der Waals surface area (Å²) in [5.74, 6) is 0.687. The van der Waals surface area contributed by atoms with Crippen LogP contribution in [0.3, 0.4) is 0 Å². The molecule has 0 fully saturated rings. The van der Waals surface area contributed by atoms with Crippen LogP contribution in [0.15, 0.2) is 63.1 Å². The highest BCUT2D eigenvalue weighted by Crippen LogP contribution is 2.45. The Morgan fingerprint density at radius 3 is 2.78 bits per heavy atom. The molecule has 2 aliphatic rings. The van der Waals surface area contributed by atoms with Crippen molar-refractivity contribution >= 4 is 11.0 Å². The molecule has 3 heterocycles. The third kappa shape index (κ3) is 2.17. The number of para-hydroxylation sites is 1. The molecule has 0 aliphatic carbocycles. The molecule has 1 aromatic heterocycles. The first-order chi connectivity index (χ1) is 13.2. The van der Waals surface area contributed by atoms with Crippen LogP contribution in [0.5, 0.6) is 17.2 Å². The zero-order chi connectivity index (χ0) is 18.5. The van der Waals surface area contributed by atoms with Crippen LogP contribution in [0.1, 0.15) is 17.0 Å². The number of fused-ring (bicyclic) bond motifs is 4. The summed E-state index contributed by atoms with van der Waals surface area (Å²) in [6.45, 7) is 0.124. The van der Waals surface area contributed by atoms with Crippen LogP contribution >= 0.6 is 0 Å². The number of benzene rings is 2. The Balaban J connectivity index is 1.82. The van der Waals surface area contributed by atoms with E-state index in [2.05, 4.69) is 6.07 Å². The summed E-state index contributed by atoms with van der Waals surface area (Å²) in [5.41, 5.74) is 6.88. The number of ether oxygens (including phenoxy) is 3. The van der Waals surface area contributed by atoms with Gasteiger partial charge in [-0.05, 0) is 29.8 Å². The Labute approximate surface area is 152 Å². The molecule has 0 saturated heterocycles. The van der Waals surface area contributed by atoms with Crippen molar-refractivity contribution in [3.05, 3.63) is 75.5 Å². The first kappa shape index (κ1) is 15.3. The number of nitrogens with zero attached hydrogens (tertiary/aromatic N) is 1. The van der Waals surface area contributed by atoms with Crippen molar-refractivity contribution in [1.29, 1.82) is 5.26 Å². The first-order valence-corrected chi connectivity index (χ1v) is 8.20. The lowest BCUT2D eigenvalue weighted by molar-refractivity contribution is 0.174. The lowest BCUT2D eigenvalue weighted by Crippen LogP contribution is -2.26. The van der Waals surface area contributed by atoms with E-state index in [1.54, 1.807) is 42.5 Å². The Morgan fingerprint density at radius 1 is 1.11 bits per heavy atom. The Bertz CT molecular complexity index is 1240. The average Bonchev–Trinajstić information content (AvgIpc) is 3.15. The van der Waals surface area contributed by atoms with Crippen molar-refractivity contribution in [3.8, 4) is 23.3 Å². The maximum absolute atomic E-state index is 12.8. The summed E-state index contributed by atoms with van der Waals surface area (Å²) in [7, 11) is 0. The van der Waals surface area contributed by atoms with Gasteiger partial charge in [0.25, 0.3) is 0 Å². The van der Waals surface area contributed by atoms with Gasteiger partial charge in [0.05, 0.1) is 16.9 Å². The van der Waals surface area contributed by atoms with Crippen LogP contribution in [-0.2, 0) is 0 Å². The van der Waals surface area contributed by atoms with E-state index in [1.165, 1.54) is 0 Å². The SMILES string of the molecule is N#CC1=C(N)Oc2c(c(=O)oc3ccccc23)[C@H]1c1ccc2c(c1)OCO2. The quantitative estimate of drug-likeness (QED) is 0.665. The van der Waals surface area contributed by atoms with Crippen LogP contribution in [0.25, 0.3) is 11.0 Å². The van der Waals surface area contributed by atoms with Crippen molar-refractivity contribution in [2.45, 2.75) is 5.92 Å². The van der Waals surface area contributed by atoms with E-state index in [1.807, 2.05) is 0 Å². The minimum Gasteiger partial charge on any atom is -0.454 e. The monoisotopic (exact) mass is 360 g/mol. The molecule has 0 spiro atoms. The third-order valence-corrected chi connectivity index (χ3v) is 4.70. The second-order valence-electron chi connectivity index (χ2n) is 6.17. The number of hydrogen-bond donors (Lipinski definition) is 1. The molecule has 7 heteroatoms. The summed E-state index contributed by atoms with van der Waals surface area (Å²) in [6, 6.07) is 14.3. The molecule has 2 N–H and O–H groups in total. The van der Waals surface area contributed by atoms with Crippen LogP contribution < -0.4 is 25.6 Å². The number of hydrogen-bond acceptors (Lipinski definition) is 7. The standard InChI is InChI=1S/C20H12N2O5/c21-8-12-16(10-5-6-14-15(7-10)25-9-24-14)17-18(27-19(12)22)11-3-1-2-4-13(11)26-20(17)23/h1-7,16H,9,22H2/t16-/m0/s1. The number of nitrogens with two attached hydrogens (primary N) is 1. The van der Waals surface area contributed by atoms with Crippen LogP contribution in [0.4, 0.5) is 0 Å². The molecule has 3 aromatic rings. The van der Waals surface area contributed by atoms with Gasteiger partial charge in [-0.1, -0.05) is 18.2 Å². The van der Waals surface area contributed by atoms with E-state index in [4.69, 9.17) is 24.4 Å². The van der Waals surface area contributed by atoms with E-state index < -0.39 is 11.5 Å². The fourth-order valence-corrected chi connectivity index (χ4v) is 3.49. The second-order valence-corrected chi connectivity index (χ2v) is 6.17. The lowest BCUT2D eigenvalue weighted by Gasteiger charge is -2.26. The number of allylic oxidation sites excluding steroid dienone is 1. The summed E-state index contributed by atoms with van der Waals surface area (Å²) >= 11 is 0. The summed E-state index contributed by atoms with van der Waals surface area (Å²) in [5, 5.41) is 10.3. The first-order valence-electron chi connectivity index (χ1n) is 8.20. The Hall–Kier alpha value is -3.92. The molecule has 0 radical (unpaired) electrons. The van der Waals surface area contributed by atoms with Crippen molar-refractivity contribution in [2.24, 2.45) is 5.73 Å². The van der Waals surface area contributed by atoms with Crippen molar-refractivity contribution < 1.29 is 18.6 Å². The second kappa shape index (κ2) is 5.54. The van der Waals surface area contributed by atoms with Gasteiger partial charge in [0.1, 0.15) is 17.2 Å². The van der Waals surface area contributed by atoms with Gasteiger partial charge in [-0.2, -0.15) is 5.26 Å². The van der Waals surface area contributed by atoms with Gasteiger partial charge >= 0.3 is 5.63 Å². The molecule has 0 saturated carbocycles. The van der Waals surface area contributed by atoms with Gasteiger partial charge in [0, 0.05) is 0 Å². The summed E-state index contributed by atoms with van der Waals surface area (Å²) in [4.78, 5) is 12.8. The van der Waals surface area contributed by atoms with E-state index in [0.717, 1.165) is 0 Å². The zero-order valence-corrected chi connectivity index (χ0v) is 13.9. The minimum absolute atomic E-state index is 0.0385. The van der Waals surface area contributed by atoms with Gasteiger partial charge in [0.15, 0.2) is 17.2 Å². The maximum atomic E-state index is 12.8. The number of nitriles is 1. The van der Waals surface area contributed by atoms with E-state index in [0.29, 0.717) is 33.8 Å². The fraction of sp³-hybridized carbons (Fsp3) is 0.100. The van der Waals surface area contributed by atoms with Gasteiger partial charge in [-0.25, -0.2) is 4.79 Å². The van der Waals surface area contributed by atoms with E-state index in [-0.39, 0.29) is 23.8 Å². The van der Waals surface area contributed by atoms with Crippen LogP contribution in [0, 0.1) is 11.3 Å². The van der Waals surface area contributed by atoms with Gasteiger partial charge in [-0.3, -0.25) is 0 Å². The highest BCUT2D eigenvalue weighted by atomic mass is 16.7. The van der Waals surface area contributed by atoms with Crippen molar-refractivity contribution in [1.82, 2.24) is 0 Å². The van der Waals surface area contributed by atoms with Gasteiger partial charge in [0.2, 0.25) is 12.7 Å². The molecule has 132 valence electrons. The van der Waals surface area contributed by atoms with Gasteiger partial charge in [-0.15, -0.1) is 0 Å². The normalized spacial score (nSPS) is 17.4. The maximum Gasteiger partial charge on any atom is 0.344 e. The predicted octanol–water partition coefficient (Wildman–Crippen LogP) is 2.74. The lowest BCUT2D eigenvalue weighted by atomic mass is 9.83. The van der Waals surface area contributed by atoms with E-state index >= 15 is 0 Å². The third-order valence-electron chi connectivity index (χ3n) is 4.70. The molecule has 7 nitrogen and oxygen atoms in total.